The lowest BCUT2D eigenvalue weighted by Gasteiger charge is -2.37. The quantitative estimate of drug-likeness (QED) is 0.153. The van der Waals surface area contributed by atoms with Crippen molar-refractivity contribution in [2.45, 2.75) is 135 Å². The van der Waals surface area contributed by atoms with Gasteiger partial charge in [0.1, 0.15) is 18.6 Å². The molecule has 14 heteroatoms. The molecule has 5 amide bonds. The lowest BCUT2D eigenvalue weighted by Crippen LogP contribution is -2.86. The monoisotopic (exact) mass is 737 g/mol. The van der Waals surface area contributed by atoms with E-state index < -0.39 is 52.6 Å². The number of nitrogens with two attached hydrogens (primary N) is 2. The third kappa shape index (κ3) is 11.3. The van der Waals surface area contributed by atoms with Gasteiger partial charge in [0.05, 0.1) is 39.2 Å². The molecule has 7 N–H and O–H groups in total. The van der Waals surface area contributed by atoms with Crippen molar-refractivity contribution in [1.29, 1.82) is 0 Å². The number of carbonyl (C=O) groups is 5. The second-order valence-corrected chi connectivity index (χ2v) is 17.8. The summed E-state index contributed by atoms with van der Waals surface area (Å²) in [5.41, 5.74) is 5.03. The van der Waals surface area contributed by atoms with Crippen LogP contribution in [0.2, 0.25) is 0 Å². The molecule has 6 atom stereocenters. The molecule has 2 heterocycles. The summed E-state index contributed by atoms with van der Waals surface area (Å²) in [7, 11) is -1.07. The Balaban J connectivity index is 1.81. The van der Waals surface area contributed by atoms with E-state index in [9.17, 15) is 28.2 Å². The number of hydrogen-bond acceptors (Lipinski definition) is 7. The minimum absolute atomic E-state index is 0.0697. The minimum Gasteiger partial charge on any atom is -0.363 e. The molecule has 1 saturated heterocycles. The molecule has 2 fully saturated rings. The molecule has 282 valence electrons. The van der Waals surface area contributed by atoms with E-state index in [-0.39, 0.29) is 41.5 Å². The van der Waals surface area contributed by atoms with E-state index in [0.29, 0.717) is 32.5 Å². The molecular formula is C36H61N6O6S2+. The first kappa shape index (κ1) is 41.6. The zero-order chi connectivity index (χ0) is 37.2. The lowest BCUT2D eigenvalue weighted by molar-refractivity contribution is -0.673. The van der Waals surface area contributed by atoms with Gasteiger partial charge in [0.2, 0.25) is 17.6 Å². The predicted molar refractivity (Wildman–Crippen MR) is 197 cm³/mol. The highest BCUT2D eigenvalue weighted by Crippen LogP contribution is 2.34. The van der Waals surface area contributed by atoms with Crippen molar-refractivity contribution < 1.29 is 33.5 Å². The Morgan fingerprint density at radius 1 is 1.06 bits per heavy atom. The number of unbranched alkanes of at least 4 members (excludes halogenated alkanes) is 1. The van der Waals surface area contributed by atoms with Gasteiger partial charge in [-0.05, 0) is 60.3 Å². The molecule has 0 spiro atoms. The van der Waals surface area contributed by atoms with Gasteiger partial charge >= 0.3 is 6.03 Å². The van der Waals surface area contributed by atoms with Crippen LogP contribution >= 0.6 is 11.3 Å². The van der Waals surface area contributed by atoms with Gasteiger partial charge in [0.15, 0.2) is 0 Å². The molecule has 1 saturated carbocycles. The summed E-state index contributed by atoms with van der Waals surface area (Å²) >= 11 is 1.57. The zero-order valence-electron chi connectivity index (χ0n) is 31.0. The van der Waals surface area contributed by atoms with Crippen molar-refractivity contribution in [2.75, 3.05) is 19.3 Å². The molecule has 3 rings (SSSR count). The van der Waals surface area contributed by atoms with Gasteiger partial charge in [0.25, 0.3) is 5.91 Å². The molecular weight excluding hydrogens is 677 g/mol. The van der Waals surface area contributed by atoms with E-state index in [4.69, 9.17) is 5.73 Å². The maximum Gasteiger partial charge on any atom is 0.315 e. The maximum absolute atomic E-state index is 14.6. The topological polar surface area (TPSA) is 184 Å². The lowest BCUT2D eigenvalue weighted by atomic mass is 9.82. The van der Waals surface area contributed by atoms with Crippen LogP contribution in [-0.4, -0.2) is 82.2 Å². The fraction of sp³-hybridized carbons (Fsp3) is 0.750. The largest absolute Gasteiger partial charge is 0.363 e. The first-order valence-corrected chi connectivity index (χ1v) is 20.7. The highest BCUT2D eigenvalue weighted by molar-refractivity contribution is 7.84. The number of nitrogens with one attached hydrogen (secondary N) is 3. The molecule has 2 aliphatic rings. The van der Waals surface area contributed by atoms with Crippen molar-refractivity contribution in [3.05, 3.63) is 16.3 Å². The van der Waals surface area contributed by atoms with Gasteiger partial charge in [-0.1, -0.05) is 73.6 Å². The van der Waals surface area contributed by atoms with Crippen molar-refractivity contribution in [3.8, 4) is 0 Å². The molecule has 0 bridgehead atoms. The van der Waals surface area contributed by atoms with E-state index in [2.05, 4.69) is 42.0 Å². The summed E-state index contributed by atoms with van der Waals surface area (Å²) in [4.78, 5) is 70.2. The van der Waals surface area contributed by atoms with Gasteiger partial charge in [0, 0.05) is 12.8 Å². The number of thiophene rings is 1. The first-order valence-electron chi connectivity index (χ1n) is 18.3. The summed E-state index contributed by atoms with van der Waals surface area (Å²) in [6.07, 6.45) is 8.51. The van der Waals surface area contributed by atoms with Crippen molar-refractivity contribution in [3.63, 3.8) is 0 Å². The number of rotatable bonds is 17. The molecule has 1 aromatic rings. The van der Waals surface area contributed by atoms with Crippen LogP contribution in [0.5, 0.6) is 0 Å². The van der Waals surface area contributed by atoms with Gasteiger partial charge in [-0.3, -0.25) is 23.4 Å². The number of quaternary nitrogens is 1. The van der Waals surface area contributed by atoms with Crippen molar-refractivity contribution in [2.24, 2.45) is 28.9 Å². The number of likely N-dealkylation sites (tertiary alicyclic amines) is 1. The first-order chi connectivity index (χ1) is 23.6. The van der Waals surface area contributed by atoms with Gasteiger partial charge in [-0.25, -0.2) is 4.79 Å². The second-order valence-electron chi connectivity index (χ2n) is 15.4. The molecule has 12 nitrogen and oxygen atoms in total. The smallest absolute Gasteiger partial charge is 0.315 e. The Bertz CT molecular complexity index is 1350. The van der Waals surface area contributed by atoms with Gasteiger partial charge < -0.3 is 31.9 Å². The Hall–Kier alpha value is -2.84. The van der Waals surface area contributed by atoms with Gasteiger partial charge in [-0.2, -0.15) is 0 Å². The van der Waals surface area contributed by atoms with Crippen LogP contribution in [0.4, 0.5) is 4.79 Å². The Morgan fingerprint density at radius 3 is 2.32 bits per heavy atom. The van der Waals surface area contributed by atoms with Crippen LogP contribution in [0.3, 0.4) is 0 Å². The maximum atomic E-state index is 14.6. The summed E-state index contributed by atoms with van der Waals surface area (Å²) in [5.74, 6) is -2.88. The van der Waals surface area contributed by atoms with E-state index in [0.717, 1.165) is 48.3 Å². The fourth-order valence-electron chi connectivity index (χ4n) is 7.32. The number of urea groups is 1. The number of amides is 5. The van der Waals surface area contributed by atoms with Crippen molar-refractivity contribution >= 4 is 51.7 Å². The Kier molecular flexibility index (Phi) is 15.9. The normalized spacial score (nSPS) is 20.9. The summed E-state index contributed by atoms with van der Waals surface area (Å²) in [5, 5.41) is 13.0. The molecule has 1 aliphatic heterocycles. The average molecular weight is 738 g/mol. The van der Waals surface area contributed by atoms with Crippen LogP contribution in [0.15, 0.2) is 16.3 Å². The fourth-order valence-corrected chi connectivity index (χ4v) is 9.33. The Morgan fingerprint density at radius 2 is 1.74 bits per heavy atom. The van der Waals surface area contributed by atoms with Crippen LogP contribution in [-0.2, 0) is 36.5 Å². The van der Waals surface area contributed by atoms with Crippen LogP contribution < -0.4 is 27.0 Å². The van der Waals surface area contributed by atoms with E-state index >= 15 is 0 Å². The summed E-state index contributed by atoms with van der Waals surface area (Å²) in [6.45, 7) is 13.7. The molecule has 0 radical (unpaired) electrons. The minimum atomic E-state index is -1.10. The second kappa shape index (κ2) is 19.1. The summed E-state index contributed by atoms with van der Waals surface area (Å²) in [6, 6.07) is -1.50. The van der Waals surface area contributed by atoms with Gasteiger partial charge in [-0.15, -0.1) is 11.3 Å². The van der Waals surface area contributed by atoms with E-state index in [1.54, 1.807) is 22.5 Å². The number of nitrogens with zero attached hydrogens (tertiary/aromatic N) is 1. The highest BCUT2D eigenvalue weighted by Gasteiger charge is 2.47. The predicted octanol–water partition coefficient (Wildman–Crippen LogP) is 2.81. The van der Waals surface area contributed by atoms with Crippen LogP contribution in [0.1, 0.15) is 104 Å². The van der Waals surface area contributed by atoms with E-state index in [1.807, 2.05) is 32.2 Å². The standard InChI is InChI=1S/C36H60N6O6S2/c1-8-9-15-25(31(43)32(37)44)39-33(45)30-24(22(2)3)16-18-42(30)34(46)29(23-13-11-10-12-14-23)41-35(47)40-28(36(4,5)6)21-38-20-26-27(50(7)48)17-19-49-26/h17,19,22-25,28-30,38H,8-16,18,20-21H2,1-7H3,(H2,37,44)(H,39,45)(H2,40,41,47)/p+1/t24-,25?,28-,29+,30+,50?/m1/s1. The third-order valence-corrected chi connectivity index (χ3v) is 12.4. The average Bonchev–Trinajstić information content (AvgIpc) is 3.72. The van der Waals surface area contributed by atoms with Crippen LogP contribution in [0.25, 0.3) is 0 Å². The number of carbonyl (C=O) groups excluding carboxylic acids is 5. The molecule has 1 aliphatic carbocycles. The molecule has 50 heavy (non-hydrogen) atoms. The number of ketones is 1. The third-order valence-electron chi connectivity index (χ3n) is 10.3. The molecule has 2 unspecified atom stereocenters. The highest BCUT2D eigenvalue weighted by atomic mass is 32.2. The number of hydrogen-bond donors (Lipinski definition) is 5. The van der Waals surface area contributed by atoms with Crippen molar-refractivity contribution in [1.82, 2.24) is 20.9 Å². The number of primary amides is 1. The molecule has 0 aromatic carbocycles. The van der Waals surface area contributed by atoms with E-state index in [1.165, 1.54) is 0 Å². The zero-order valence-corrected chi connectivity index (χ0v) is 32.7. The Labute approximate surface area is 304 Å². The van der Waals surface area contributed by atoms with Crippen LogP contribution in [0, 0.1) is 23.2 Å². The SMILES string of the molecule is CCCCC(NC(=O)[C@@H]1[C@@H](C(C)C)CCN1C(=O)[C@@H](NC(=O)N[C@H](C[NH2+]Cc1sccc1S(C)=O)C(C)(C)C)C1CCCCC1)C(=O)C(N)=O. The molecule has 1 aromatic heterocycles. The number of Topliss-reactive ketones (excluding diaryl/α,β-unsaturated/α-hetero) is 1. The summed E-state index contributed by atoms with van der Waals surface area (Å²) < 4.78 is 12.1.